The number of hydrogen-bond acceptors (Lipinski definition) is 3. The Kier molecular flexibility index (Phi) is 2.60. The van der Waals surface area contributed by atoms with E-state index in [1.165, 1.54) is 5.56 Å². The van der Waals surface area contributed by atoms with Gasteiger partial charge >= 0.3 is 0 Å². The summed E-state index contributed by atoms with van der Waals surface area (Å²) in [6.07, 6.45) is 6.74. The third kappa shape index (κ3) is 1.85. The number of aryl methyl sites for hydroxylation is 2. The highest BCUT2D eigenvalue weighted by molar-refractivity contribution is 5.59. The predicted molar refractivity (Wildman–Crippen MR) is 79.7 cm³/mol. The van der Waals surface area contributed by atoms with Crippen LogP contribution in [0, 0.1) is 6.92 Å². The maximum Gasteiger partial charge on any atom is 0.164 e. The number of aromatic nitrogens is 4. The fraction of sp³-hybridized carbons (Fsp3) is 0.250. The molecule has 1 aliphatic heterocycles. The summed E-state index contributed by atoms with van der Waals surface area (Å²) in [5, 5.41) is 0. The average Bonchev–Trinajstić information content (AvgIpc) is 3.19. The summed E-state index contributed by atoms with van der Waals surface area (Å²) in [6, 6.07) is 6.15. The molecule has 5 nitrogen and oxygen atoms in total. The van der Waals surface area contributed by atoms with Crippen LogP contribution in [0.3, 0.4) is 0 Å². The van der Waals surface area contributed by atoms with Crippen LogP contribution in [0.4, 0.5) is 0 Å². The molecule has 0 spiro atoms. The van der Waals surface area contributed by atoms with Crippen molar-refractivity contribution in [1.29, 1.82) is 0 Å². The van der Waals surface area contributed by atoms with Gasteiger partial charge in [-0.1, -0.05) is 6.07 Å². The molecule has 3 heterocycles. The van der Waals surface area contributed by atoms with Crippen molar-refractivity contribution in [3.8, 4) is 23.0 Å². The highest BCUT2D eigenvalue weighted by atomic mass is 16.5. The molecule has 0 bridgehead atoms. The molecule has 0 N–H and O–H groups in total. The van der Waals surface area contributed by atoms with Crippen molar-refractivity contribution in [2.24, 2.45) is 7.05 Å². The van der Waals surface area contributed by atoms with Crippen LogP contribution in [0.1, 0.15) is 11.4 Å². The molecule has 106 valence electrons. The highest BCUT2D eigenvalue weighted by Crippen LogP contribution is 2.32. The molecule has 0 radical (unpaired) electrons. The van der Waals surface area contributed by atoms with Crippen molar-refractivity contribution in [2.75, 3.05) is 6.61 Å². The standard InChI is InChI=1S/C16H16N4O/c1-11-18-13(10-19(11)2)16-17-7-8-20(16)14-4-3-5-15-12(14)6-9-21-15/h3-5,7-8,10H,6,9H2,1-2H3. The molecule has 0 unspecified atom stereocenters. The van der Waals surface area contributed by atoms with E-state index in [1.807, 2.05) is 49.3 Å². The summed E-state index contributed by atoms with van der Waals surface area (Å²) in [5.41, 5.74) is 3.25. The summed E-state index contributed by atoms with van der Waals surface area (Å²) in [6.45, 7) is 2.74. The minimum atomic E-state index is 0.749. The highest BCUT2D eigenvalue weighted by Gasteiger charge is 2.19. The fourth-order valence-electron chi connectivity index (χ4n) is 2.78. The van der Waals surface area contributed by atoms with Crippen molar-refractivity contribution >= 4 is 0 Å². The zero-order valence-corrected chi connectivity index (χ0v) is 12.1. The van der Waals surface area contributed by atoms with Crippen LogP contribution in [-0.2, 0) is 13.5 Å². The van der Waals surface area contributed by atoms with E-state index in [9.17, 15) is 0 Å². The quantitative estimate of drug-likeness (QED) is 0.724. The zero-order valence-electron chi connectivity index (χ0n) is 12.1. The Morgan fingerprint density at radius 2 is 2.19 bits per heavy atom. The molecule has 3 aromatic rings. The Morgan fingerprint density at radius 1 is 1.29 bits per heavy atom. The van der Waals surface area contributed by atoms with Crippen LogP contribution in [-0.4, -0.2) is 25.7 Å². The second-order valence-electron chi connectivity index (χ2n) is 5.26. The number of benzene rings is 1. The monoisotopic (exact) mass is 280 g/mol. The first-order valence-electron chi connectivity index (χ1n) is 7.03. The van der Waals surface area contributed by atoms with Crippen LogP contribution in [0.5, 0.6) is 5.75 Å². The second-order valence-corrected chi connectivity index (χ2v) is 5.26. The van der Waals surface area contributed by atoms with Crippen molar-refractivity contribution < 1.29 is 4.74 Å². The smallest absolute Gasteiger partial charge is 0.164 e. The van der Waals surface area contributed by atoms with E-state index in [0.717, 1.165) is 41.8 Å². The lowest BCUT2D eigenvalue weighted by molar-refractivity contribution is 0.357. The van der Waals surface area contributed by atoms with Crippen LogP contribution in [0.25, 0.3) is 17.2 Å². The van der Waals surface area contributed by atoms with Crippen LogP contribution in [0.15, 0.2) is 36.8 Å². The van der Waals surface area contributed by atoms with Crippen molar-refractivity contribution in [3.05, 3.63) is 48.2 Å². The van der Waals surface area contributed by atoms with Gasteiger partial charge in [-0.25, -0.2) is 9.97 Å². The number of rotatable bonds is 2. The van der Waals surface area contributed by atoms with Crippen molar-refractivity contribution in [2.45, 2.75) is 13.3 Å². The van der Waals surface area contributed by atoms with Gasteiger partial charge in [-0.3, -0.25) is 4.57 Å². The minimum absolute atomic E-state index is 0.749. The van der Waals surface area contributed by atoms with Gasteiger partial charge in [0.15, 0.2) is 5.82 Å². The summed E-state index contributed by atoms with van der Waals surface area (Å²) in [5.74, 6) is 2.81. The second kappa shape index (κ2) is 4.48. The first-order valence-corrected chi connectivity index (χ1v) is 7.03. The average molecular weight is 280 g/mol. The molecule has 0 saturated heterocycles. The Balaban J connectivity index is 1.88. The summed E-state index contributed by atoms with van der Waals surface area (Å²) < 4.78 is 9.75. The number of hydrogen-bond donors (Lipinski definition) is 0. The SMILES string of the molecule is Cc1nc(-c2nccn2-c2cccc3c2CCO3)cn1C. The maximum atomic E-state index is 5.65. The van der Waals surface area contributed by atoms with Crippen LogP contribution in [0.2, 0.25) is 0 Å². The third-order valence-electron chi connectivity index (χ3n) is 3.96. The van der Waals surface area contributed by atoms with Crippen molar-refractivity contribution in [3.63, 3.8) is 0 Å². The van der Waals surface area contributed by atoms with Gasteiger partial charge in [0.2, 0.25) is 0 Å². The number of fused-ring (bicyclic) bond motifs is 1. The van der Waals surface area contributed by atoms with E-state index in [4.69, 9.17) is 4.74 Å². The van der Waals surface area contributed by atoms with E-state index < -0.39 is 0 Å². The Morgan fingerprint density at radius 3 is 3.00 bits per heavy atom. The molecule has 1 aliphatic rings. The molecule has 0 atom stereocenters. The van der Waals surface area contributed by atoms with E-state index in [2.05, 4.69) is 20.6 Å². The molecule has 0 fully saturated rings. The molecular weight excluding hydrogens is 264 g/mol. The maximum absolute atomic E-state index is 5.65. The van der Waals surface area contributed by atoms with Gasteiger partial charge in [-0.05, 0) is 19.1 Å². The van der Waals surface area contributed by atoms with Gasteiger partial charge in [-0.15, -0.1) is 0 Å². The fourth-order valence-corrected chi connectivity index (χ4v) is 2.78. The molecule has 2 aromatic heterocycles. The third-order valence-corrected chi connectivity index (χ3v) is 3.96. The largest absolute Gasteiger partial charge is 0.493 e. The first-order chi connectivity index (χ1) is 10.2. The Hall–Kier alpha value is -2.56. The summed E-state index contributed by atoms with van der Waals surface area (Å²) >= 11 is 0. The lowest BCUT2D eigenvalue weighted by atomic mass is 10.1. The first kappa shape index (κ1) is 12.2. The van der Waals surface area contributed by atoms with Gasteiger partial charge in [-0.2, -0.15) is 0 Å². The summed E-state index contributed by atoms with van der Waals surface area (Å²) in [4.78, 5) is 9.07. The lowest BCUT2D eigenvalue weighted by Crippen LogP contribution is -2.00. The molecule has 0 saturated carbocycles. The zero-order chi connectivity index (χ0) is 14.4. The number of nitrogens with zero attached hydrogens (tertiary/aromatic N) is 4. The molecule has 1 aromatic carbocycles. The summed E-state index contributed by atoms with van der Waals surface area (Å²) in [7, 11) is 1.99. The molecule has 0 amide bonds. The lowest BCUT2D eigenvalue weighted by Gasteiger charge is -2.10. The van der Waals surface area contributed by atoms with Gasteiger partial charge in [0.05, 0.1) is 12.3 Å². The van der Waals surface area contributed by atoms with Gasteiger partial charge in [0.25, 0.3) is 0 Å². The van der Waals surface area contributed by atoms with E-state index in [-0.39, 0.29) is 0 Å². The van der Waals surface area contributed by atoms with Gasteiger partial charge in [0.1, 0.15) is 17.3 Å². The topological polar surface area (TPSA) is 44.9 Å². The van der Waals surface area contributed by atoms with Crippen LogP contribution >= 0.6 is 0 Å². The molecule has 4 rings (SSSR count). The number of imidazole rings is 2. The van der Waals surface area contributed by atoms with Gasteiger partial charge in [0, 0.05) is 37.6 Å². The molecular formula is C16H16N4O. The van der Waals surface area contributed by atoms with E-state index in [0.29, 0.717) is 0 Å². The molecule has 5 heteroatoms. The van der Waals surface area contributed by atoms with E-state index >= 15 is 0 Å². The predicted octanol–water partition coefficient (Wildman–Crippen LogP) is 2.52. The van der Waals surface area contributed by atoms with Crippen LogP contribution < -0.4 is 4.74 Å². The normalized spacial score (nSPS) is 13.2. The molecule has 0 aliphatic carbocycles. The Bertz CT molecular complexity index is 796. The number of ether oxygens (including phenoxy) is 1. The Labute approximate surface area is 122 Å². The van der Waals surface area contributed by atoms with Gasteiger partial charge < -0.3 is 9.30 Å². The van der Waals surface area contributed by atoms with Crippen molar-refractivity contribution in [1.82, 2.24) is 19.1 Å². The molecule has 21 heavy (non-hydrogen) atoms. The minimum Gasteiger partial charge on any atom is -0.493 e. The van der Waals surface area contributed by atoms with E-state index in [1.54, 1.807) is 0 Å².